The lowest BCUT2D eigenvalue weighted by molar-refractivity contribution is -0.169. The molecule has 5 rings (SSSR count). The van der Waals surface area contributed by atoms with Crippen LogP contribution < -0.4 is 9.47 Å². The molecule has 4 aliphatic rings. The van der Waals surface area contributed by atoms with Crippen LogP contribution in [-0.4, -0.2) is 41.0 Å². The van der Waals surface area contributed by atoms with E-state index in [1.54, 1.807) is 13.2 Å². The van der Waals surface area contributed by atoms with Crippen molar-refractivity contribution in [2.24, 2.45) is 11.8 Å². The van der Waals surface area contributed by atoms with Crippen LogP contribution in [0.1, 0.15) is 37.3 Å². The molecule has 5 atom stereocenters. The molecule has 1 aromatic carbocycles. The maximum absolute atomic E-state index is 12.2. The van der Waals surface area contributed by atoms with Gasteiger partial charge in [-0.3, -0.25) is 0 Å². The Bertz CT molecular complexity index is 1010. The SMILES string of the molecule is COc1ccc2c3c1O[C@H]1C(OC(=O)/C=C/C(=O)O)=CC[C@@]4(O)[C@@H](C2)C(C)CC[C@]314. The summed E-state index contributed by atoms with van der Waals surface area (Å²) >= 11 is 0. The Balaban J connectivity index is 1.64. The van der Waals surface area contributed by atoms with Crippen LogP contribution in [0.4, 0.5) is 0 Å². The number of hydrogen-bond donors (Lipinski definition) is 2. The molecule has 3 aliphatic carbocycles. The average molecular weight is 412 g/mol. The number of ether oxygens (including phenoxy) is 3. The van der Waals surface area contributed by atoms with Crippen molar-refractivity contribution in [1.29, 1.82) is 0 Å². The molecule has 7 heteroatoms. The van der Waals surface area contributed by atoms with Gasteiger partial charge >= 0.3 is 11.9 Å². The number of carbonyl (C=O) groups is 2. The fourth-order valence-electron chi connectivity index (χ4n) is 6.25. The molecule has 2 N–H and O–H groups in total. The molecule has 1 aliphatic heterocycles. The summed E-state index contributed by atoms with van der Waals surface area (Å²) in [5.74, 6) is -0.0633. The van der Waals surface area contributed by atoms with Crippen LogP contribution in [0.15, 0.2) is 36.1 Å². The van der Waals surface area contributed by atoms with Crippen molar-refractivity contribution >= 4 is 11.9 Å². The number of rotatable bonds is 4. The van der Waals surface area contributed by atoms with Crippen molar-refractivity contribution < 1.29 is 34.0 Å². The van der Waals surface area contributed by atoms with Crippen LogP contribution >= 0.6 is 0 Å². The van der Waals surface area contributed by atoms with Crippen molar-refractivity contribution in [2.45, 2.75) is 49.7 Å². The molecule has 30 heavy (non-hydrogen) atoms. The number of carboxylic acid groups (broad SMARTS) is 1. The average Bonchev–Trinajstić information content (AvgIpc) is 3.06. The number of benzene rings is 1. The van der Waals surface area contributed by atoms with Gasteiger partial charge in [-0.1, -0.05) is 13.0 Å². The van der Waals surface area contributed by atoms with Gasteiger partial charge < -0.3 is 24.4 Å². The molecule has 1 unspecified atom stereocenters. The third-order valence-electron chi connectivity index (χ3n) is 7.52. The van der Waals surface area contributed by atoms with Gasteiger partial charge in [0, 0.05) is 17.7 Å². The zero-order valence-corrected chi connectivity index (χ0v) is 16.9. The summed E-state index contributed by atoms with van der Waals surface area (Å²) < 4.78 is 17.4. The van der Waals surface area contributed by atoms with E-state index >= 15 is 0 Å². The van der Waals surface area contributed by atoms with Crippen LogP contribution in [0.3, 0.4) is 0 Å². The maximum Gasteiger partial charge on any atom is 0.336 e. The maximum atomic E-state index is 12.2. The van der Waals surface area contributed by atoms with Crippen molar-refractivity contribution in [1.82, 2.24) is 0 Å². The van der Waals surface area contributed by atoms with E-state index in [4.69, 9.17) is 19.3 Å². The van der Waals surface area contributed by atoms with Gasteiger partial charge in [-0.15, -0.1) is 0 Å². The van der Waals surface area contributed by atoms with E-state index in [0.717, 1.165) is 36.1 Å². The molecule has 0 saturated heterocycles. The zero-order valence-electron chi connectivity index (χ0n) is 16.9. The van der Waals surface area contributed by atoms with Crippen LogP contribution in [0.25, 0.3) is 0 Å². The van der Waals surface area contributed by atoms with E-state index in [1.165, 1.54) is 0 Å². The zero-order chi connectivity index (χ0) is 21.3. The van der Waals surface area contributed by atoms with E-state index in [0.29, 0.717) is 36.0 Å². The second-order valence-corrected chi connectivity index (χ2v) is 8.75. The van der Waals surface area contributed by atoms with Crippen molar-refractivity contribution in [3.8, 4) is 11.5 Å². The van der Waals surface area contributed by atoms with E-state index in [2.05, 4.69) is 13.0 Å². The Labute approximate surface area is 173 Å². The molecule has 0 amide bonds. The number of carbonyl (C=O) groups excluding carboxylic acids is 1. The van der Waals surface area contributed by atoms with Crippen molar-refractivity contribution in [3.05, 3.63) is 47.2 Å². The quantitative estimate of drug-likeness (QED) is 0.579. The van der Waals surface area contributed by atoms with E-state index in [-0.39, 0.29) is 5.92 Å². The molecule has 0 aromatic heterocycles. The second-order valence-electron chi connectivity index (χ2n) is 8.75. The first-order valence-electron chi connectivity index (χ1n) is 10.2. The molecule has 158 valence electrons. The first kappa shape index (κ1) is 19.2. The lowest BCUT2D eigenvalue weighted by Crippen LogP contribution is -2.69. The Morgan fingerprint density at radius 3 is 2.83 bits per heavy atom. The predicted octanol–water partition coefficient (Wildman–Crippen LogP) is 2.50. The highest BCUT2D eigenvalue weighted by molar-refractivity contribution is 5.91. The fraction of sp³-hybridized carbons (Fsp3) is 0.478. The Morgan fingerprint density at radius 2 is 2.10 bits per heavy atom. The van der Waals surface area contributed by atoms with Gasteiger partial charge in [-0.2, -0.15) is 0 Å². The topological polar surface area (TPSA) is 102 Å². The summed E-state index contributed by atoms with van der Waals surface area (Å²) in [6.45, 7) is 2.19. The highest BCUT2D eigenvalue weighted by atomic mass is 16.6. The summed E-state index contributed by atoms with van der Waals surface area (Å²) in [7, 11) is 1.58. The normalized spacial score (nSPS) is 35.3. The summed E-state index contributed by atoms with van der Waals surface area (Å²) in [5, 5.41) is 20.8. The molecule has 7 nitrogen and oxygen atoms in total. The lowest BCUT2D eigenvalue weighted by atomic mass is 9.45. The van der Waals surface area contributed by atoms with E-state index in [9.17, 15) is 14.7 Å². The first-order valence-corrected chi connectivity index (χ1v) is 10.2. The standard InChI is InChI=1S/C23H24O7/c1-12-7-9-22-19-13-3-4-15(28-2)20(19)30-21(22)16(29-18(26)6-5-17(24)25)8-10-23(22,27)14(12)11-13/h3-6,8,12,14,21,27H,7,9-11H2,1-2H3,(H,24,25)/b6-5+/t12?,14-,21-,22-,23+/m0/s1. The third kappa shape index (κ3) is 2.29. The van der Waals surface area contributed by atoms with Gasteiger partial charge in [0.1, 0.15) is 5.76 Å². The third-order valence-corrected chi connectivity index (χ3v) is 7.52. The molecule has 1 fully saturated rings. The first-order chi connectivity index (χ1) is 14.3. The van der Waals surface area contributed by atoms with Crippen LogP contribution in [0.2, 0.25) is 0 Å². The largest absolute Gasteiger partial charge is 0.493 e. The molecule has 1 aromatic rings. The highest BCUT2D eigenvalue weighted by Crippen LogP contribution is 2.68. The summed E-state index contributed by atoms with van der Waals surface area (Å²) in [6, 6.07) is 3.94. The summed E-state index contributed by atoms with van der Waals surface area (Å²) in [6.07, 6.45) is 5.44. The molecule has 1 saturated carbocycles. The predicted molar refractivity (Wildman–Crippen MR) is 105 cm³/mol. The number of aliphatic carboxylic acids is 1. The van der Waals surface area contributed by atoms with Gasteiger partial charge in [0.15, 0.2) is 17.6 Å². The number of hydrogen-bond acceptors (Lipinski definition) is 6. The Kier molecular flexibility index (Phi) is 4.06. The molecule has 0 radical (unpaired) electrons. The monoisotopic (exact) mass is 412 g/mol. The van der Waals surface area contributed by atoms with Gasteiger partial charge in [-0.25, -0.2) is 9.59 Å². The minimum atomic E-state index is -1.23. The number of aliphatic hydroxyl groups is 1. The van der Waals surface area contributed by atoms with Crippen molar-refractivity contribution in [2.75, 3.05) is 7.11 Å². The Morgan fingerprint density at radius 1 is 1.30 bits per heavy atom. The molecule has 1 heterocycles. The summed E-state index contributed by atoms with van der Waals surface area (Å²) in [4.78, 5) is 22.9. The van der Waals surface area contributed by atoms with Crippen molar-refractivity contribution in [3.63, 3.8) is 0 Å². The smallest absolute Gasteiger partial charge is 0.336 e. The number of carboxylic acids is 1. The molecular weight excluding hydrogens is 388 g/mol. The van der Waals surface area contributed by atoms with E-state index in [1.807, 2.05) is 6.07 Å². The van der Waals surface area contributed by atoms with Gasteiger partial charge in [-0.05, 0) is 55.2 Å². The minimum absolute atomic E-state index is 0.0737. The van der Waals surface area contributed by atoms with Crippen LogP contribution in [-0.2, 0) is 26.2 Å². The lowest BCUT2D eigenvalue weighted by Gasteiger charge is -2.61. The van der Waals surface area contributed by atoms with Gasteiger partial charge in [0.2, 0.25) is 0 Å². The van der Waals surface area contributed by atoms with Crippen LogP contribution in [0, 0.1) is 11.8 Å². The fourth-order valence-corrected chi connectivity index (χ4v) is 6.25. The molecule has 1 spiro atoms. The van der Waals surface area contributed by atoms with E-state index < -0.39 is 29.1 Å². The van der Waals surface area contributed by atoms with Crippen LogP contribution in [0.5, 0.6) is 11.5 Å². The highest BCUT2D eigenvalue weighted by Gasteiger charge is 2.71. The van der Waals surface area contributed by atoms with Gasteiger partial charge in [0.25, 0.3) is 0 Å². The Hall–Kier alpha value is -2.80. The number of esters is 1. The molecular formula is C23H24O7. The minimum Gasteiger partial charge on any atom is -0.493 e. The van der Waals surface area contributed by atoms with Gasteiger partial charge in [0.05, 0.1) is 18.1 Å². The molecule has 2 bridgehead atoms. The number of methoxy groups -OCH3 is 1. The summed E-state index contributed by atoms with van der Waals surface area (Å²) in [5.41, 5.74) is 0.392. The second kappa shape index (κ2) is 6.35.